The summed E-state index contributed by atoms with van der Waals surface area (Å²) in [5, 5.41) is 19.2. The SMILES string of the molecule is O=P([O-])([O-])OCC[C@@H]1O[C@H](CO)[C@@H](OP(=O)([O-])[O-])[C@H](OP(=O)([O-])[O-])[C@H]1O.[Na+].[Na+].[Na+].[Na+].[Na+].[Na+]. The quantitative estimate of drug-likeness (QED) is 0.189. The number of hydrogen-bond donors (Lipinski definition) is 2. The van der Waals surface area contributed by atoms with E-state index in [1.165, 1.54) is 0 Å². The molecule has 0 unspecified atom stereocenters. The van der Waals surface area contributed by atoms with Crippen LogP contribution < -0.4 is 207 Å². The molecule has 0 amide bonds. The first-order valence-electron chi connectivity index (χ1n) is 6.65. The van der Waals surface area contributed by atoms with E-state index in [9.17, 15) is 53.3 Å². The van der Waals surface area contributed by atoms with Crippen LogP contribution in [0.2, 0.25) is 0 Å². The van der Waals surface area contributed by atoms with Crippen LogP contribution in [0.5, 0.6) is 0 Å². The molecular formula is C8H13Na6O15P3. The van der Waals surface area contributed by atoms with Gasteiger partial charge in [0.25, 0.3) is 0 Å². The van der Waals surface area contributed by atoms with Gasteiger partial charge >= 0.3 is 177 Å². The summed E-state index contributed by atoms with van der Waals surface area (Å²) in [5.74, 6) is 0. The molecule has 0 radical (unpaired) electrons. The molecule has 1 aliphatic heterocycles. The van der Waals surface area contributed by atoms with Crippen molar-refractivity contribution in [2.75, 3.05) is 13.2 Å². The van der Waals surface area contributed by atoms with Crippen molar-refractivity contribution >= 4 is 23.5 Å². The molecule has 1 aliphatic rings. The summed E-state index contributed by atoms with van der Waals surface area (Å²) in [4.78, 5) is 63.9. The van der Waals surface area contributed by atoms with E-state index in [1.807, 2.05) is 0 Å². The maximum absolute atomic E-state index is 10.8. The third-order valence-corrected chi connectivity index (χ3v) is 4.59. The van der Waals surface area contributed by atoms with Crippen molar-refractivity contribution in [3.05, 3.63) is 0 Å². The minimum atomic E-state index is -5.84. The van der Waals surface area contributed by atoms with Crippen LogP contribution in [0.4, 0.5) is 0 Å². The zero-order valence-electron chi connectivity index (χ0n) is 18.6. The predicted octanol–water partition coefficient (Wildman–Crippen LogP) is -24.2. The number of phosphoric acid groups is 3. The Morgan fingerprint density at radius 3 is 1.47 bits per heavy atom. The van der Waals surface area contributed by atoms with Gasteiger partial charge < -0.3 is 71.6 Å². The van der Waals surface area contributed by atoms with Gasteiger partial charge in [-0.1, -0.05) is 0 Å². The molecular weight excluding hydrogens is 567 g/mol. The monoisotopic (exact) mass is 580 g/mol. The Balaban J connectivity index is -0.000000282. The molecule has 0 aliphatic carbocycles. The molecule has 1 rings (SSSR count). The molecule has 32 heavy (non-hydrogen) atoms. The number of rotatable bonds is 9. The Labute approximate surface area is 316 Å². The summed E-state index contributed by atoms with van der Waals surface area (Å²) in [6, 6.07) is 0. The van der Waals surface area contributed by atoms with Crippen molar-refractivity contribution in [3.63, 3.8) is 0 Å². The zero-order valence-corrected chi connectivity index (χ0v) is 33.2. The van der Waals surface area contributed by atoms with E-state index in [4.69, 9.17) is 4.74 Å². The zero-order chi connectivity index (χ0) is 20.3. The van der Waals surface area contributed by atoms with E-state index in [1.54, 1.807) is 0 Å². The topological polar surface area (TPSA) is 267 Å². The molecule has 24 heteroatoms. The third kappa shape index (κ3) is 22.0. The molecule has 0 aromatic rings. The van der Waals surface area contributed by atoms with Crippen LogP contribution in [-0.2, 0) is 32.0 Å². The number of hydrogen-bond acceptors (Lipinski definition) is 15. The molecule has 0 aromatic carbocycles. The van der Waals surface area contributed by atoms with Gasteiger partial charge in [-0.3, -0.25) is 0 Å². The summed E-state index contributed by atoms with van der Waals surface area (Å²) in [6.07, 6.45) is -10.5. The summed E-state index contributed by atoms with van der Waals surface area (Å²) >= 11 is 0. The Bertz CT molecular complexity index is 614. The average molecular weight is 580 g/mol. The van der Waals surface area contributed by atoms with Crippen molar-refractivity contribution in [1.82, 2.24) is 0 Å². The first-order valence-corrected chi connectivity index (χ1v) is 11.0. The summed E-state index contributed by atoms with van der Waals surface area (Å²) < 4.78 is 48.9. The number of ether oxygens (including phenoxy) is 1. The molecule has 0 bridgehead atoms. The van der Waals surface area contributed by atoms with E-state index in [0.29, 0.717) is 0 Å². The number of aliphatic hydroxyl groups excluding tert-OH is 2. The summed E-state index contributed by atoms with van der Waals surface area (Å²) in [7, 11) is -17.0. The van der Waals surface area contributed by atoms with Crippen molar-refractivity contribution in [2.45, 2.75) is 36.9 Å². The van der Waals surface area contributed by atoms with Gasteiger partial charge in [0, 0.05) is 0 Å². The molecule has 0 spiro atoms. The fourth-order valence-corrected chi connectivity index (χ4v) is 3.64. The van der Waals surface area contributed by atoms with E-state index >= 15 is 0 Å². The standard InChI is InChI=1S/C8H19O15P3.6Na/c9-3-5-7(22-25(14,15)16)8(23-26(17,18)19)6(10)4(21-5)1-2-20-24(11,12)13;;;;;;/h4-10H,1-3H2,(H2,11,12,13)(H2,14,15,16)(H2,17,18,19);;;;;;/q;6*+1/p-6/t4-,5+,6-,7+,8+;;;;;;/m0....../s1. The molecule has 0 saturated carbocycles. The fraction of sp³-hybridized carbons (Fsp3) is 1.00. The smallest absolute Gasteiger partial charge is 0.790 e. The Hall–Kier alpha value is 6.21. The molecule has 15 nitrogen and oxygen atoms in total. The summed E-state index contributed by atoms with van der Waals surface area (Å²) in [5.41, 5.74) is 0. The van der Waals surface area contributed by atoms with E-state index in [2.05, 4.69) is 13.6 Å². The van der Waals surface area contributed by atoms with Crippen LogP contribution >= 0.6 is 23.5 Å². The van der Waals surface area contributed by atoms with Gasteiger partial charge in [0.05, 0.1) is 42.8 Å². The van der Waals surface area contributed by atoms with Gasteiger partial charge in [0.2, 0.25) is 0 Å². The van der Waals surface area contributed by atoms with E-state index in [0.717, 1.165) is 0 Å². The average Bonchev–Trinajstić information content (AvgIpc) is 2.41. The molecule has 2 N–H and O–H groups in total. The van der Waals surface area contributed by atoms with Crippen LogP contribution in [0, 0.1) is 0 Å². The first kappa shape index (κ1) is 51.0. The predicted molar refractivity (Wildman–Crippen MR) is 64.9 cm³/mol. The Kier molecular flexibility index (Phi) is 36.4. The Morgan fingerprint density at radius 1 is 0.719 bits per heavy atom. The van der Waals surface area contributed by atoms with E-state index in [-0.39, 0.29) is 177 Å². The normalized spacial score (nSPS) is 25.3. The second-order valence-corrected chi connectivity index (χ2v) is 8.35. The first-order chi connectivity index (χ1) is 11.6. The largest absolute Gasteiger partial charge is 1.00 e. The molecule has 0 aromatic heterocycles. The van der Waals surface area contributed by atoms with Gasteiger partial charge in [-0.05, 0) is 6.42 Å². The third-order valence-electron chi connectivity index (χ3n) is 3.09. The second kappa shape index (κ2) is 22.8. The van der Waals surface area contributed by atoms with Gasteiger partial charge in [-0.2, -0.15) is 0 Å². The second-order valence-electron chi connectivity index (χ2n) is 4.99. The minimum absolute atomic E-state index is 0. The van der Waals surface area contributed by atoms with Crippen molar-refractivity contribution in [1.29, 1.82) is 0 Å². The van der Waals surface area contributed by atoms with Gasteiger partial charge in [0.1, 0.15) is 24.4 Å². The van der Waals surface area contributed by atoms with Gasteiger partial charge in [0.15, 0.2) is 0 Å². The molecule has 1 fully saturated rings. The molecule has 5 atom stereocenters. The molecule has 156 valence electrons. The van der Waals surface area contributed by atoms with Crippen LogP contribution in [0.3, 0.4) is 0 Å². The number of phosphoric ester groups is 3. The molecule has 1 heterocycles. The van der Waals surface area contributed by atoms with Crippen LogP contribution in [0.25, 0.3) is 0 Å². The van der Waals surface area contributed by atoms with Crippen LogP contribution in [0.15, 0.2) is 0 Å². The minimum Gasteiger partial charge on any atom is -0.790 e. The Morgan fingerprint density at radius 2 is 1.12 bits per heavy atom. The van der Waals surface area contributed by atoms with Crippen LogP contribution in [0.1, 0.15) is 6.42 Å². The van der Waals surface area contributed by atoms with Crippen molar-refractivity contribution in [3.8, 4) is 0 Å². The molecule has 1 saturated heterocycles. The summed E-state index contributed by atoms with van der Waals surface area (Å²) in [6.45, 7) is -1.91. The van der Waals surface area contributed by atoms with Crippen LogP contribution in [-0.4, -0.2) is 53.9 Å². The number of aliphatic hydroxyl groups is 2. The fourth-order valence-electron chi connectivity index (χ4n) is 2.21. The maximum atomic E-state index is 10.8. The van der Waals surface area contributed by atoms with Gasteiger partial charge in [-0.15, -0.1) is 0 Å². The van der Waals surface area contributed by atoms with E-state index < -0.39 is 73.6 Å². The van der Waals surface area contributed by atoms with Crippen molar-refractivity contribution in [2.24, 2.45) is 0 Å². The van der Waals surface area contributed by atoms with Crippen molar-refractivity contribution < 1.29 is 249 Å². The van der Waals surface area contributed by atoms with Gasteiger partial charge in [-0.25, -0.2) is 0 Å². The maximum Gasteiger partial charge on any atom is 1.00 e.